The number of cyclic esters (lactones) is 1. The maximum Gasteiger partial charge on any atom is 0.314 e. The number of esters is 4. The molecule has 5 atom stereocenters. The van der Waals surface area contributed by atoms with Crippen molar-refractivity contribution in [2.45, 2.75) is 85.2 Å². The first-order valence-corrected chi connectivity index (χ1v) is 11.8. The van der Waals surface area contributed by atoms with Crippen LogP contribution in [0, 0.1) is 11.8 Å². The van der Waals surface area contributed by atoms with Gasteiger partial charge in [-0.2, -0.15) is 0 Å². The van der Waals surface area contributed by atoms with E-state index in [9.17, 15) is 19.2 Å². The lowest BCUT2D eigenvalue weighted by Crippen LogP contribution is -2.44. The van der Waals surface area contributed by atoms with Gasteiger partial charge in [0.15, 0.2) is 0 Å². The molecule has 0 bridgehead atoms. The highest BCUT2D eigenvalue weighted by molar-refractivity contribution is 5.78. The molecule has 2 heterocycles. The summed E-state index contributed by atoms with van der Waals surface area (Å²) in [4.78, 5) is 46.7. The summed E-state index contributed by atoms with van der Waals surface area (Å²) < 4.78 is 26.8. The number of carbonyl (C=O) groups excluding carboxylic acids is 4. The van der Waals surface area contributed by atoms with E-state index in [4.69, 9.17) is 23.7 Å². The number of carbonyl (C=O) groups is 4. The summed E-state index contributed by atoms with van der Waals surface area (Å²) in [5.74, 6) is -2.45. The molecule has 0 radical (unpaired) electrons. The van der Waals surface area contributed by atoms with Gasteiger partial charge in [0.25, 0.3) is 0 Å². The van der Waals surface area contributed by atoms with Crippen molar-refractivity contribution < 1.29 is 42.9 Å². The fourth-order valence-electron chi connectivity index (χ4n) is 4.32. The van der Waals surface area contributed by atoms with Crippen LogP contribution in [0.15, 0.2) is 35.6 Å². The Bertz CT molecular complexity index is 885. The van der Waals surface area contributed by atoms with Gasteiger partial charge in [0.1, 0.15) is 12.7 Å². The molecule has 1 saturated heterocycles. The van der Waals surface area contributed by atoms with Crippen molar-refractivity contribution in [2.24, 2.45) is 11.8 Å². The van der Waals surface area contributed by atoms with E-state index in [1.54, 1.807) is 0 Å². The van der Waals surface area contributed by atoms with Gasteiger partial charge in [-0.05, 0) is 38.7 Å². The molecule has 0 N–H and O–H groups in total. The molecule has 0 aromatic heterocycles. The maximum absolute atomic E-state index is 13.1. The highest BCUT2D eigenvalue weighted by Crippen LogP contribution is 2.43. The Hall–Kier alpha value is -3.10. The maximum atomic E-state index is 13.1. The third-order valence-electron chi connectivity index (χ3n) is 5.91. The molecule has 2 rings (SSSR count). The first kappa shape index (κ1) is 28.1. The summed E-state index contributed by atoms with van der Waals surface area (Å²) in [7, 11) is 0. The first-order valence-electron chi connectivity index (χ1n) is 11.8. The minimum atomic E-state index is -0.798. The molecule has 35 heavy (non-hydrogen) atoms. The Morgan fingerprint density at radius 3 is 2.51 bits per heavy atom. The smallest absolute Gasteiger partial charge is 0.314 e. The lowest BCUT2D eigenvalue weighted by Gasteiger charge is -2.41. The van der Waals surface area contributed by atoms with Crippen molar-refractivity contribution in [1.29, 1.82) is 0 Å². The quantitative estimate of drug-likeness (QED) is 0.240. The van der Waals surface area contributed by atoms with Crippen LogP contribution in [0.1, 0.15) is 66.7 Å². The highest BCUT2D eigenvalue weighted by atomic mass is 16.7. The lowest BCUT2D eigenvalue weighted by atomic mass is 9.73. The van der Waals surface area contributed by atoms with E-state index in [0.717, 1.165) is 11.1 Å². The van der Waals surface area contributed by atoms with E-state index in [0.29, 0.717) is 37.7 Å². The second-order valence-corrected chi connectivity index (χ2v) is 9.08. The lowest BCUT2D eigenvalue weighted by molar-refractivity contribution is -0.177. The third-order valence-corrected chi connectivity index (χ3v) is 5.91. The summed E-state index contributed by atoms with van der Waals surface area (Å²) in [5, 5.41) is 0. The molecule has 9 heteroatoms. The molecule has 9 nitrogen and oxygen atoms in total. The second kappa shape index (κ2) is 13.1. The van der Waals surface area contributed by atoms with Crippen molar-refractivity contribution >= 4 is 23.9 Å². The predicted octanol–water partition coefficient (Wildman–Crippen LogP) is 3.92. The molecule has 0 aliphatic carbocycles. The zero-order chi connectivity index (χ0) is 26.1. The van der Waals surface area contributed by atoms with Crippen LogP contribution in [0.3, 0.4) is 0 Å². The minimum Gasteiger partial charge on any atom is -0.463 e. The van der Waals surface area contributed by atoms with Gasteiger partial charge in [-0.3, -0.25) is 19.2 Å². The third kappa shape index (κ3) is 8.88. The van der Waals surface area contributed by atoms with Crippen LogP contribution in [0.2, 0.25) is 0 Å². The Labute approximate surface area is 206 Å². The molecule has 1 unspecified atom stereocenters. The van der Waals surface area contributed by atoms with Crippen LogP contribution in [0.4, 0.5) is 0 Å². The van der Waals surface area contributed by atoms with Crippen molar-refractivity contribution in [1.82, 2.24) is 0 Å². The van der Waals surface area contributed by atoms with Gasteiger partial charge >= 0.3 is 23.9 Å². The van der Waals surface area contributed by atoms with Crippen molar-refractivity contribution in [3.05, 3.63) is 35.6 Å². The molecule has 0 aromatic carbocycles. The monoisotopic (exact) mass is 492 g/mol. The fourth-order valence-corrected chi connectivity index (χ4v) is 4.32. The van der Waals surface area contributed by atoms with E-state index in [1.807, 2.05) is 19.9 Å². The SMILES string of the molecule is C=C(CCCC(C)OC(C)=O)[C@@H]1C(=O)O[C@@H](C/C=C(\C)COC(C)=O)C2=CO[C@H](OC(C)=O)C[C@H]21. The van der Waals surface area contributed by atoms with Crippen LogP contribution in [-0.4, -0.2) is 49.0 Å². The fraction of sp³-hybridized carbons (Fsp3) is 0.615. The molecular weight excluding hydrogens is 456 g/mol. The molecule has 1 fully saturated rings. The summed E-state index contributed by atoms with van der Waals surface area (Å²) in [6.07, 6.45) is 4.40. The summed E-state index contributed by atoms with van der Waals surface area (Å²) >= 11 is 0. The largest absolute Gasteiger partial charge is 0.463 e. The number of hydrogen-bond acceptors (Lipinski definition) is 9. The molecule has 194 valence electrons. The van der Waals surface area contributed by atoms with Gasteiger partial charge in [-0.1, -0.05) is 18.2 Å². The summed E-state index contributed by atoms with van der Waals surface area (Å²) in [5.41, 5.74) is 2.34. The molecule has 2 aliphatic heterocycles. The van der Waals surface area contributed by atoms with E-state index < -0.39 is 24.3 Å². The standard InChI is InChI=1S/C26H36O9/c1-15(13-31-18(4)27)10-11-23-22-14-32-24(34-20(6)29)12-21(22)25(26(30)35-23)16(2)8-7-9-17(3)33-19(5)28/h10,14,17,21,23-25H,2,7-9,11-13H2,1,3-6H3/b15-10+/t17?,21-,23+,24-,25+/m1/s1. The topological polar surface area (TPSA) is 114 Å². The minimum absolute atomic E-state index is 0.161. The molecule has 0 spiro atoms. The van der Waals surface area contributed by atoms with Crippen LogP contribution in [-0.2, 0) is 42.9 Å². The first-order chi connectivity index (χ1) is 16.5. The van der Waals surface area contributed by atoms with E-state index in [2.05, 4.69) is 6.58 Å². The average Bonchev–Trinajstić information content (AvgIpc) is 2.74. The zero-order valence-corrected chi connectivity index (χ0v) is 21.2. The molecular formula is C26H36O9. The molecule has 0 aromatic rings. The van der Waals surface area contributed by atoms with Crippen LogP contribution in [0.25, 0.3) is 0 Å². The molecule has 2 aliphatic rings. The number of fused-ring (bicyclic) bond motifs is 1. The van der Waals surface area contributed by atoms with Gasteiger partial charge in [0.05, 0.1) is 18.3 Å². The number of hydrogen-bond donors (Lipinski definition) is 0. The van der Waals surface area contributed by atoms with E-state index in [-0.39, 0.29) is 36.5 Å². The zero-order valence-electron chi connectivity index (χ0n) is 21.2. The van der Waals surface area contributed by atoms with Gasteiger partial charge in [-0.25, -0.2) is 0 Å². The summed E-state index contributed by atoms with van der Waals surface area (Å²) in [6.45, 7) is 12.0. The predicted molar refractivity (Wildman–Crippen MR) is 125 cm³/mol. The van der Waals surface area contributed by atoms with Crippen LogP contribution in [0.5, 0.6) is 0 Å². The van der Waals surface area contributed by atoms with Gasteiger partial charge < -0.3 is 23.7 Å². The number of ether oxygens (including phenoxy) is 5. The Morgan fingerprint density at radius 1 is 1.17 bits per heavy atom. The van der Waals surface area contributed by atoms with E-state index >= 15 is 0 Å². The van der Waals surface area contributed by atoms with Crippen molar-refractivity contribution in [3.63, 3.8) is 0 Å². The van der Waals surface area contributed by atoms with Crippen molar-refractivity contribution in [2.75, 3.05) is 6.61 Å². The van der Waals surface area contributed by atoms with Gasteiger partial charge in [0, 0.05) is 45.1 Å². The highest BCUT2D eigenvalue weighted by Gasteiger charge is 2.46. The normalized spacial score (nSPS) is 24.7. The second-order valence-electron chi connectivity index (χ2n) is 9.08. The Kier molecular flexibility index (Phi) is 10.5. The average molecular weight is 493 g/mol. The van der Waals surface area contributed by atoms with Gasteiger partial charge in [-0.15, -0.1) is 0 Å². The van der Waals surface area contributed by atoms with Crippen molar-refractivity contribution in [3.8, 4) is 0 Å². The van der Waals surface area contributed by atoms with Crippen LogP contribution < -0.4 is 0 Å². The number of rotatable bonds is 11. The summed E-state index contributed by atoms with van der Waals surface area (Å²) in [6, 6.07) is 0. The van der Waals surface area contributed by atoms with Crippen LogP contribution >= 0.6 is 0 Å². The molecule has 0 amide bonds. The van der Waals surface area contributed by atoms with Gasteiger partial charge in [0.2, 0.25) is 6.29 Å². The van der Waals surface area contributed by atoms with E-state index in [1.165, 1.54) is 27.0 Å². The Morgan fingerprint density at radius 2 is 1.89 bits per heavy atom. The Balaban J connectivity index is 2.14. The molecule has 0 saturated carbocycles.